The van der Waals surface area contributed by atoms with Gasteiger partial charge >= 0.3 is 0 Å². The Kier molecular flexibility index (Phi) is 10.0. The van der Waals surface area contributed by atoms with Crippen molar-refractivity contribution in [2.24, 2.45) is 11.7 Å². The highest BCUT2D eigenvalue weighted by Crippen LogP contribution is 2.10. The van der Waals surface area contributed by atoms with Crippen LogP contribution in [0.15, 0.2) is 29.2 Å². The van der Waals surface area contributed by atoms with Gasteiger partial charge in [0.25, 0.3) is 0 Å². The Morgan fingerprint density at radius 1 is 1.30 bits per heavy atom. The fourth-order valence-electron chi connectivity index (χ4n) is 1.62. The zero-order valence-corrected chi connectivity index (χ0v) is 14.9. The average Bonchev–Trinajstić information content (AvgIpc) is 2.52. The van der Waals surface area contributed by atoms with Crippen molar-refractivity contribution in [2.75, 3.05) is 26.8 Å². The number of rotatable bonds is 9. The Hall–Kier alpha value is -1.19. The minimum atomic E-state index is -3.53. The summed E-state index contributed by atoms with van der Waals surface area (Å²) in [5, 5.41) is 2.75. The lowest BCUT2D eigenvalue weighted by Gasteiger charge is -2.10. The first-order valence-electron chi connectivity index (χ1n) is 6.96. The summed E-state index contributed by atoms with van der Waals surface area (Å²) < 4.78 is 31.2. The van der Waals surface area contributed by atoms with Gasteiger partial charge in [0.1, 0.15) is 0 Å². The fourth-order valence-corrected chi connectivity index (χ4v) is 2.63. The third-order valence-electron chi connectivity index (χ3n) is 3.10. The minimum absolute atomic E-state index is 0. The van der Waals surface area contributed by atoms with Crippen LogP contribution in [0, 0.1) is 5.92 Å². The van der Waals surface area contributed by atoms with Gasteiger partial charge in [0.2, 0.25) is 15.9 Å². The maximum absolute atomic E-state index is 12.0. The monoisotopic (exact) mass is 365 g/mol. The molecule has 0 saturated heterocycles. The molecule has 7 nitrogen and oxygen atoms in total. The van der Waals surface area contributed by atoms with Gasteiger partial charge in [-0.1, -0.05) is 19.1 Å². The topological polar surface area (TPSA) is 111 Å². The first-order chi connectivity index (χ1) is 10.4. The van der Waals surface area contributed by atoms with E-state index >= 15 is 0 Å². The number of nitrogens with two attached hydrogens (primary N) is 1. The third kappa shape index (κ3) is 7.28. The second kappa shape index (κ2) is 10.6. The highest BCUT2D eigenvalue weighted by molar-refractivity contribution is 7.89. The molecule has 132 valence electrons. The predicted octanol–water partition coefficient (Wildman–Crippen LogP) is 0.244. The quantitative estimate of drug-likeness (QED) is 0.543. The van der Waals surface area contributed by atoms with E-state index in [9.17, 15) is 13.2 Å². The lowest BCUT2D eigenvalue weighted by molar-refractivity contribution is -0.124. The van der Waals surface area contributed by atoms with Gasteiger partial charge in [-0.05, 0) is 17.7 Å². The molecule has 0 aliphatic heterocycles. The van der Waals surface area contributed by atoms with Gasteiger partial charge in [0.15, 0.2) is 0 Å². The number of benzene rings is 1. The smallest absolute Gasteiger partial charge is 0.240 e. The highest BCUT2D eigenvalue weighted by atomic mass is 35.5. The first kappa shape index (κ1) is 21.8. The molecule has 1 atom stereocenters. The molecular formula is C14H24ClN3O4S. The molecule has 1 aromatic carbocycles. The summed E-state index contributed by atoms with van der Waals surface area (Å²) in [7, 11) is -2.03. The molecule has 0 heterocycles. The van der Waals surface area contributed by atoms with E-state index in [-0.39, 0.29) is 42.2 Å². The van der Waals surface area contributed by atoms with Crippen LogP contribution in [-0.4, -0.2) is 41.1 Å². The molecule has 0 bridgehead atoms. The highest BCUT2D eigenvalue weighted by Gasteiger charge is 2.13. The lowest BCUT2D eigenvalue weighted by atomic mass is 10.1. The number of sulfonamides is 1. The second-order valence-electron chi connectivity index (χ2n) is 4.89. The molecule has 4 N–H and O–H groups in total. The number of amides is 1. The third-order valence-corrected chi connectivity index (χ3v) is 4.58. The molecule has 1 rings (SSSR count). The van der Waals surface area contributed by atoms with E-state index in [4.69, 9.17) is 10.5 Å². The standard InChI is InChI=1S/C14H23N3O4S.ClH/c1-11(9-15)14(18)16-10-12-3-5-13(6-4-12)22(19,20)17-7-8-21-2;/h3-6,11,17H,7-10,15H2,1-2H3,(H,16,18);1H. The van der Waals surface area contributed by atoms with Crippen molar-refractivity contribution in [1.82, 2.24) is 10.0 Å². The summed E-state index contributed by atoms with van der Waals surface area (Å²) >= 11 is 0. The lowest BCUT2D eigenvalue weighted by Crippen LogP contribution is -2.32. The summed E-state index contributed by atoms with van der Waals surface area (Å²) in [4.78, 5) is 11.8. The molecule has 0 radical (unpaired) electrons. The van der Waals surface area contributed by atoms with Crippen molar-refractivity contribution >= 4 is 28.3 Å². The van der Waals surface area contributed by atoms with Crippen LogP contribution in [0.4, 0.5) is 0 Å². The number of carbonyl (C=O) groups is 1. The van der Waals surface area contributed by atoms with E-state index in [1.807, 2.05) is 0 Å². The Bertz CT molecular complexity index is 578. The largest absolute Gasteiger partial charge is 0.383 e. The molecule has 0 saturated carbocycles. The van der Waals surface area contributed by atoms with Gasteiger partial charge in [-0.3, -0.25) is 4.79 Å². The molecule has 0 fully saturated rings. The molecule has 23 heavy (non-hydrogen) atoms. The zero-order chi connectivity index (χ0) is 16.6. The van der Waals surface area contributed by atoms with Crippen LogP contribution in [0.1, 0.15) is 12.5 Å². The number of ether oxygens (including phenoxy) is 1. The Balaban J connectivity index is 0.00000484. The molecule has 9 heteroatoms. The molecule has 1 unspecified atom stereocenters. The van der Waals surface area contributed by atoms with E-state index in [1.54, 1.807) is 19.1 Å². The van der Waals surface area contributed by atoms with Crippen LogP contribution in [-0.2, 0) is 26.1 Å². The number of carbonyl (C=O) groups excluding carboxylic acids is 1. The van der Waals surface area contributed by atoms with Gasteiger partial charge < -0.3 is 15.8 Å². The van der Waals surface area contributed by atoms with Crippen molar-refractivity contribution in [1.29, 1.82) is 0 Å². The normalized spacial score (nSPS) is 12.3. The van der Waals surface area contributed by atoms with Crippen LogP contribution in [0.3, 0.4) is 0 Å². The Morgan fingerprint density at radius 2 is 1.91 bits per heavy atom. The van der Waals surface area contributed by atoms with Crippen LogP contribution in [0.2, 0.25) is 0 Å². The van der Waals surface area contributed by atoms with Crippen molar-refractivity contribution in [3.05, 3.63) is 29.8 Å². The first-order valence-corrected chi connectivity index (χ1v) is 8.44. The number of halogens is 1. The predicted molar refractivity (Wildman–Crippen MR) is 90.8 cm³/mol. The summed E-state index contributed by atoms with van der Waals surface area (Å²) in [6, 6.07) is 6.34. The summed E-state index contributed by atoms with van der Waals surface area (Å²) in [6.45, 7) is 2.89. The van der Waals surface area contributed by atoms with E-state index in [0.29, 0.717) is 13.2 Å². The molecule has 0 aliphatic rings. The Morgan fingerprint density at radius 3 is 2.43 bits per heavy atom. The van der Waals surface area contributed by atoms with Crippen LogP contribution in [0.25, 0.3) is 0 Å². The SMILES string of the molecule is COCCNS(=O)(=O)c1ccc(CNC(=O)C(C)CN)cc1.Cl. The Labute approximate surface area is 143 Å². The van der Waals surface area contributed by atoms with Gasteiger partial charge in [0, 0.05) is 32.7 Å². The molecule has 0 spiro atoms. The molecule has 0 aromatic heterocycles. The van der Waals surface area contributed by atoms with Gasteiger partial charge in [-0.2, -0.15) is 0 Å². The van der Waals surface area contributed by atoms with Gasteiger partial charge in [-0.25, -0.2) is 13.1 Å². The van der Waals surface area contributed by atoms with Crippen molar-refractivity contribution in [3.63, 3.8) is 0 Å². The van der Waals surface area contributed by atoms with E-state index < -0.39 is 10.0 Å². The van der Waals surface area contributed by atoms with Crippen molar-refractivity contribution < 1.29 is 17.9 Å². The maximum Gasteiger partial charge on any atom is 0.240 e. The summed E-state index contributed by atoms with van der Waals surface area (Å²) in [5.41, 5.74) is 6.23. The summed E-state index contributed by atoms with van der Waals surface area (Å²) in [6.07, 6.45) is 0. The average molecular weight is 366 g/mol. The van der Waals surface area contributed by atoms with Gasteiger partial charge in [0.05, 0.1) is 11.5 Å². The zero-order valence-electron chi connectivity index (χ0n) is 13.2. The number of nitrogens with one attached hydrogen (secondary N) is 2. The van der Waals surface area contributed by atoms with E-state index in [1.165, 1.54) is 19.2 Å². The van der Waals surface area contributed by atoms with E-state index in [0.717, 1.165) is 5.56 Å². The van der Waals surface area contributed by atoms with Crippen LogP contribution >= 0.6 is 12.4 Å². The maximum atomic E-state index is 12.0. The van der Waals surface area contributed by atoms with Crippen molar-refractivity contribution in [2.45, 2.75) is 18.4 Å². The van der Waals surface area contributed by atoms with Gasteiger partial charge in [-0.15, -0.1) is 12.4 Å². The fraction of sp³-hybridized carbons (Fsp3) is 0.500. The molecule has 0 aliphatic carbocycles. The number of hydrogen-bond donors (Lipinski definition) is 3. The molecule has 1 aromatic rings. The number of hydrogen-bond acceptors (Lipinski definition) is 5. The molecule has 1 amide bonds. The number of methoxy groups -OCH3 is 1. The summed E-state index contributed by atoms with van der Waals surface area (Å²) in [5.74, 6) is -0.370. The minimum Gasteiger partial charge on any atom is -0.383 e. The second-order valence-corrected chi connectivity index (χ2v) is 6.66. The van der Waals surface area contributed by atoms with Crippen LogP contribution < -0.4 is 15.8 Å². The van der Waals surface area contributed by atoms with Crippen molar-refractivity contribution in [3.8, 4) is 0 Å². The molecular weight excluding hydrogens is 342 g/mol. The van der Waals surface area contributed by atoms with E-state index in [2.05, 4.69) is 10.0 Å². The van der Waals surface area contributed by atoms with Crippen LogP contribution in [0.5, 0.6) is 0 Å².